The summed E-state index contributed by atoms with van der Waals surface area (Å²) in [5.41, 5.74) is 0.784. The molecule has 0 aliphatic carbocycles. The number of nitrogens with one attached hydrogen (secondary N) is 1. The Labute approximate surface area is 141 Å². The first-order valence-electron chi connectivity index (χ1n) is 6.68. The fraction of sp³-hybridized carbons (Fsp3) is 0.200. The SMILES string of the molecule is CC(NS(=O)(=O)c1cc(S(C)(=O)=O)ccc1Cl)c1ccccc1. The van der Waals surface area contributed by atoms with Gasteiger partial charge in [-0.2, -0.15) is 0 Å². The van der Waals surface area contributed by atoms with Crippen molar-refractivity contribution < 1.29 is 16.8 Å². The molecular weight excluding hydrogens is 358 g/mol. The van der Waals surface area contributed by atoms with Gasteiger partial charge in [-0.25, -0.2) is 21.6 Å². The first-order chi connectivity index (χ1) is 10.6. The summed E-state index contributed by atoms with van der Waals surface area (Å²) in [5.74, 6) is 0. The van der Waals surface area contributed by atoms with Gasteiger partial charge in [-0.3, -0.25) is 0 Å². The van der Waals surface area contributed by atoms with Crippen LogP contribution in [0.1, 0.15) is 18.5 Å². The molecule has 0 radical (unpaired) electrons. The van der Waals surface area contributed by atoms with Crippen LogP contribution in [-0.2, 0) is 19.9 Å². The van der Waals surface area contributed by atoms with Crippen LogP contribution >= 0.6 is 11.6 Å². The number of hydrogen-bond donors (Lipinski definition) is 1. The first-order valence-corrected chi connectivity index (χ1v) is 10.4. The average Bonchev–Trinajstić information content (AvgIpc) is 2.46. The minimum absolute atomic E-state index is 0.0369. The van der Waals surface area contributed by atoms with Gasteiger partial charge in [0, 0.05) is 12.3 Å². The smallest absolute Gasteiger partial charge is 0.224 e. The predicted molar refractivity (Wildman–Crippen MR) is 89.7 cm³/mol. The highest BCUT2D eigenvalue weighted by Gasteiger charge is 2.23. The topological polar surface area (TPSA) is 80.3 Å². The Bertz CT molecular complexity index is 910. The van der Waals surface area contributed by atoms with E-state index in [1.807, 2.05) is 6.07 Å². The lowest BCUT2D eigenvalue weighted by molar-refractivity contribution is 0.566. The summed E-state index contributed by atoms with van der Waals surface area (Å²) in [6.45, 7) is 1.70. The molecule has 1 N–H and O–H groups in total. The van der Waals surface area contributed by atoms with E-state index in [4.69, 9.17) is 11.6 Å². The summed E-state index contributed by atoms with van der Waals surface area (Å²) in [7, 11) is -7.50. The Morgan fingerprint density at radius 3 is 2.17 bits per heavy atom. The molecule has 1 atom stereocenters. The molecule has 0 spiro atoms. The van der Waals surface area contributed by atoms with Crippen molar-refractivity contribution in [3.05, 3.63) is 59.1 Å². The van der Waals surface area contributed by atoms with Crippen molar-refractivity contribution in [3.63, 3.8) is 0 Å². The number of halogens is 1. The van der Waals surface area contributed by atoms with Crippen molar-refractivity contribution in [2.24, 2.45) is 0 Å². The Morgan fingerprint density at radius 2 is 1.61 bits per heavy atom. The maximum Gasteiger partial charge on any atom is 0.242 e. The fourth-order valence-corrected chi connectivity index (χ4v) is 4.51. The lowest BCUT2D eigenvalue weighted by Gasteiger charge is -2.15. The molecule has 0 saturated carbocycles. The zero-order chi connectivity index (χ0) is 17.3. The van der Waals surface area contributed by atoms with Crippen LogP contribution < -0.4 is 4.72 Å². The van der Waals surface area contributed by atoms with Crippen LogP contribution in [0.4, 0.5) is 0 Å². The van der Waals surface area contributed by atoms with Gasteiger partial charge < -0.3 is 0 Å². The predicted octanol–water partition coefficient (Wildman–Crippen LogP) is 2.78. The molecule has 124 valence electrons. The van der Waals surface area contributed by atoms with Gasteiger partial charge in [0.05, 0.1) is 9.92 Å². The number of sulfone groups is 1. The van der Waals surface area contributed by atoms with E-state index in [1.54, 1.807) is 31.2 Å². The molecule has 0 amide bonds. The quantitative estimate of drug-likeness (QED) is 0.873. The van der Waals surface area contributed by atoms with Gasteiger partial charge >= 0.3 is 0 Å². The Hall–Kier alpha value is -1.41. The summed E-state index contributed by atoms with van der Waals surface area (Å²) in [6.07, 6.45) is 1.01. The Balaban J connectivity index is 2.40. The number of benzene rings is 2. The largest absolute Gasteiger partial charge is 0.242 e. The van der Waals surface area contributed by atoms with E-state index >= 15 is 0 Å². The second-order valence-electron chi connectivity index (χ2n) is 5.12. The van der Waals surface area contributed by atoms with E-state index in [0.717, 1.165) is 17.9 Å². The molecule has 0 aliphatic rings. The van der Waals surface area contributed by atoms with E-state index in [9.17, 15) is 16.8 Å². The Kier molecular flexibility index (Phi) is 5.15. The van der Waals surface area contributed by atoms with Crippen LogP contribution in [0.15, 0.2) is 58.3 Å². The van der Waals surface area contributed by atoms with E-state index < -0.39 is 25.9 Å². The zero-order valence-electron chi connectivity index (χ0n) is 12.5. The second kappa shape index (κ2) is 6.60. The normalized spacial score (nSPS) is 13.7. The monoisotopic (exact) mass is 373 g/mol. The molecule has 0 bridgehead atoms. The van der Waals surface area contributed by atoms with Gasteiger partial charge in [-0.05, 0) is 30.7 Å². The third-order valence-corrected chi connectivity index (χ3v) is 6.38. The first kappa shape index (κ1) is 17.9. The van der Waals surface area contributed by atoms with E-state index in [-0.39, 0.29) is 14.8 Å². The van der Waals surface area contributed by atoms with Gasteiger partial charge in [0.2, 0.25) is 10.0 Å². The highest BCUT2D eigenvalue weighted by Crippen LogP contribution is 2.26. The van der Waals surface area contributed by atoms with Crippen LogP contribution in [-0.4, -0.2) is 23.1 Å². The molecule has 0 fully saturated rings. The van der Waals surface area contributed by atoms with E-state index in [2.05, 4.69) is 4.72 Å². The fourth-order valence-electron chi connectivity index (χ4n) is 2.03. The second-order valence-corrected chi connectivity index (χ2v) is 9.22. The summed E-state index contributed by atoms with van der Waals surface area (Å²) in [6, 6.07) is 12.1. The van der Waals surface area contributed by atoms with Crippen molar-refractivity contribution in [1.82, 2.24) is 4.72 Å². The van der Waals surface area contributed by atoms with Crippen molar-refractivity contribution >= 4 is 31.5 Å². The van der Waals surface area contributed by atoms with Crippen LogP contribution in [0.25, 0.3) is 0 Å². The molecule has 5 nitrogen and oxygen atoms in total. The Morgan fingerprint density at radius 1 is 1.00 bits per heavy atom. The number of hydrogen-bond acceptors (Lipinski definition) is 4. The number of rotatable bonds is 5. The molecular formula is C15H16ClNO4S2. The van der Waals surface area contributed by atoms with Crippen molar-refractivity contribution in [3.8, 4) is 0 Å². The molecule has 23 heavy (non-hydrogen) atoms. The van der Waals surface area contributed by atoms with Crippen molar-refractivity contribution in [2.45, 2.75) is 22.8 Å². The minimum atomic E-state index is -3.97. The van der Waals surface area contributed by atoms with Gasteiger partial charge in [-0.15, -0.1) is 0 Å². The summed E-state index contributed by atoms with van der Waals surface area (Å²) in [5, 5.41) is -0.0369. The van der Waals surface area contributed by atoms with Gasteiger partial charge in [0.15, 0.2) is 9.84 Å². The number of sulfonamides is 1. The third kappa shape index (κ3) is 4.32. The lowest BCUT2D eigenvalue weighted by Crippen LogP contribution is -2.27. The minimum Gasteiger partial charge on any atom is -0.224 e. The molecule has 2 rings (SSSR count). The van der Waals surface area contributed by atoms with Crippen molar-refractivity contribution in [2.75, 3.05) is 6.26 Å². The van der Waals surface area contributed by atoms with Gasteiger partial charge in [0.25, 0.3) is 0 Å². The van der Waals surface area contributed by atoms with Crippen LogP contribution in [0, 0.1) is 0 Å². The maximum atomic E-state index is 12.5. The van der Waals surface area contributed by atoms with Crippen LogP contribution in [0.5, 0.6) is 0 Å². The molecule has 0 aliphatic heterocycles. The summed E-state index contributed by atoms with van der Waals surface area (Å²) >= 11 is 5.95. The zero-order valence-corrected chi connectivity index (χ0v) is 14.9. The van der Waals surface area contributed by atoms with Crippen LogP contribution in [0.3, 0.4) is 0 Å². The van der Waals surface area contributed by atoms with Gasteiger partial charge in [-0.1, -0.05) is 41.9 Å². The highest BCUT2D eigenvalue weighted by molar-refractivity contribution is 7.91. The van der Waals surface area contributed by atoms with E-state index in [1.165, 1.54) is 12.1 Å². The van der Waals surface area contributed by atoms with E-state index in [0.29, 0.717) is 0 Å². The summed E-state index contributed by atoms with van der Waals surface area (Å²) < 4.78 is 50.8. The highest BCUT2D eigenvalue weighted by atomic mass is 35.5. The average molecular weight is 374 g/mol. The molecule has 2 aromatic carbocycles. The standard InChI is InChI=1S/C15H16ClNO4S2/c1-11(12-6-4-3-5-7-12)17-23(20,21)15-10-13(22(2,18)19)8-9-14(15)16/h3-11,17H,1-2H3. The van der Waals surface area contributed by atoms with Gasteiger partial charge in [0.1, 0.15) is 4.90 Å². The molecule has 0 saturated heterocycles. The summed E-state index contributed by atoms with van der Waals surface area (Å²) in [4.78, 5) is -0.362. The molecule has 1 unspecified atom stereocenters. The van der Waals surface area contributed by atoms with Crippen molar-refractivity contribution in [1.29, 1.82) is 0 Å². The molecule has 2 aromatic rings. The lowest BCUT2D eigenvalue weighted by atomic mass is 10.1. The molecule has 0 heterocycles. The third-order valence-electron chi connectivity index (χ3n) is 3.25. The maximum absolute atomic E-state index is 12.5. The molecule has 8 heteroatoms. The van der Waals surface area contributed by atoms with Crippen LogP contribution in [0.2, 0.25) is 5.02 Å². The molecule has 0 aromatic heterocycles.